The van der Waals surface area contributed by atoms with Crippen molar-refractivity contribution in [2.45, 2.75) is 25.4 Å². The molecule has 0 radical (unpaired) electrons. The predicted octanol–water partition coefficient (Wildman–Crippen LogP) is 3.13. The van der Waals surface area contributed by atoms with Gasteiger partial charge in [0.25, 0.3) is 0 Å². The molecule has 72 valence electrons. The first-order valence-corrected chi connectivity index (χ1v) is 5.18. The smallest absolute Gasteiger partial charge is 0.124 e. The van der Waals surface area contributed by atoms with Crippen molar-refractivity contribution in [1.29, 1.82) is 0 Å². The molecular formula is C13H14O. The molecule has 3 rings (SSSR count). The van der Waals surface area contributed by atoms with E-state index >= 15 is 0 Å². The molecule has 0 amide bonds. The van der Waals surface area contributed by atoms with Crippen LogP contribution in [-0.4, -0.2) is 5.60 Å². The Kier molecular flexibility index (Phi) is 1.40. The van der Waals surface area contributed by atoms with Crippen LogP contribution >= 0.6 is 0 Å². The fourth-order valence-electron chi connectivity index (χ4n) is 2.58. The van der Waals surface area contributed by atoms with Crippen LogP contribution in [0.25, 0.3) is 0 Å². The normalized spacial score (nSPS) is 37.9. The predicted molar refractivity (Wildman–Crippen MR) is 56.5 cm³/mol. The van der Waals surface area contributed by atoms with E-state index in [1.54, 1.807) is 0 Å². The average Bonchev–Trinajstić information content (AvgIpc) is 2.61. The zero-order valence-corrected chi connectivity index (χ0v) is 8.53. The molecule has 0 fully saturated rings. The van der Waals surface area contributed by atoms with Gasteiger partial charge < -0.3 is 4.74 Å². The molecule has 1 aliphatic carbocycles. The van der Waals surface area contributed by atoms with Gasteiger partial charge >= 0.3 is 0 Å². The van der Waals surface area contributed by atoms with Crippen LogP contribution in [0.2, 0.25) is 0 Å². The maximum atomic E-state index is 6.07. The van der Waals surface area contributed by atoms with E-state index < -0.39 is 0 Å². The third-order valence-corrected chi connectivity index (χ3v) is 3.70. The molecule has 0 saturated carbocycles. The third kappa shape index (κ3) is 0.802. The van der Waals surface area contributed by atoms with E-state index in [0.29, 0.717) is 11.8 Å². The standard InChI is InChI=1S/C13H14O/c1-9-7-8-11-10-5-3-4-6-12(10)14-13(9,11)2/h3-9,11H,1-2H3/t9-,11-,13+/m1/s1. The van der Waals surface area contributed by atoms with E-state index in [9.17, 15) is 0 Å². The van der Waals surface area contributed by atoms with Crippen LogP contribution in [0, 0.1) is 5.92 Å². The Morgan fingerprint density at radius 1 is 1.21 bits per heavy atom. The number of ether oxygens (including phenoxy) is 1. The Bertz CT molecular complexity index is 407. The fourth-order valence-corrected chi connectivity index (χ4v) is 2.58. The molecule has 0 saturated heterocycles. The molecule has 1 heterocycles. The summed E-state index contributed by atoms with van der Waals surface area (Å²) in [6.45, 7) is 4.44. The van der Waals surface area contributed by atoms with Crippen molar-refractivity contribution in [2.75, 3.05) is 0 Å². The van der Waals surface area contributed by atoms with Crippen molar-refractivity contribution >= 4 is 0 Å². The van der Waals surface area contributed by atoms with E-state index in [-0.39, 0.29) is 5.60 Å². The number of para-hydroxylation sites is 1. The molecule has 1 aromatic rings. The lowest BCUT2D eigenvalue weighted by atomic mass is 9.84. The largest absolute Gasteiger partial charge is 0.486 e. The first-order valence-electron chi connectivity index (χ1n) is 5.18. The number of benzene rings is 1. The lowest BCUT2D eigenvalue weighted by Gasteiger charge is -2.28. The minimum absolute atomic E-state index is 0.0380. The van der Waals surface area contributed by atoms with Gasteiger partial charge in [-0.15, -0.1) is 0 Å². The molecule has 0 bridgehead atoms. The first-order chi connectivity index (χ1) is 6.72. The highest BCUT2D eigenvalue weighted by atomic mass is 16.5. The highest BCUT2D eigenvalue weighted by Crippen LogP contribution is 2.52. The van der Waals surface area contributed by atoms with Gasteiger partial charge in [0.2, 0.25) is 0 Å². The SMILES string of the molecule is C[C@@H]1C=C[C@@H]2c3ccccc3O[C@@]12C. The van der Waals surface area contributed by atoms with Gasteiger partial charge in [-0.2, -0.15) is 0 Å². The summed E-state index contributed by atoms with van der Waals surface area (Å²) < 4.78 is 6.07. The van der Waals surface area contributed by atoms with E-state index in [1.165, 1.54) is 5.56 Å². The van der Waals surface area contributed by atoms with E-state index in [0.717, 1.165) is 5.75 Å². The van der Waals surface area contributed by atoms with Gasteiger partial charge in [-0.3, -0.25) is 0 Å². The Hall–Kier alpha value is -1.24. The van der Waals surface area contributed by atoms with Crippen LogP contribution in [-0.2, 0) is 0 Å². The lowest BCUT2D eigenvalue weighted by molar-refractivity contribution is 0.0745. The molecule has 3 atom stereocenters. The Morgan fingerprint density at radius 2 is 2.00 bits per heavy atom. The topological polar surface area (TPSA) is 9.23 Å². The summed E-state index contributed by atoms with van der Waals surface area (Å²) in [5.41, 5.74) is 1.31. The molecule has 14 heavy (non-hydrogen) atoms. The summed E-state index contributed by atoms with van der Waals surface area (Å²) >= 11 is 0. The summed E-state index contributed by atoms with van der Waals surface area (Å²) in [5.74, 6) is 2.02. The summed E-state index contributed by atoms with van der Waals surface area (Å²) in [4.78, 5) is 0. The monoisotopic (exact) mass is 186 g/mol. The second kappa shape index (κ2) is 2.41. The molecule has 0 unspecified atom stereocenters. The van der Waals surface area contributed by atoms with E-state index in [1.807, 2.05) is 6.07 Å². The molecule has 0 N–H and O–H groups in total. The molecule has 0 aromatic heterocycles. The van der Waals surface area contributed by atoms with Crippen LogP contribution in [0.1, 0.15) is 25.3 Å². The van der Waals surface area contributed by atoms with Gasteiger partial charge in [0, 0.05) is 17.4 Å². The summed E-state index contributed by atoms with van der Waals surface area (Å²) in [6, 6.07) is 8.37. The Morgan fingerprint density at radius 3 is 2.86 bits per heavy atom. The highest BCUT2D eigenvalue weighted by molar-refractivity contribution is 5.48. The number of rotatable bonds is 0. The van der Waals surface area contributed by atoms with Gasteiger partial charge in [0.05, 0.1) is 0 Å². The van der Waals surface area contributed by atoms with Crippen molar-refractivity contribution in [1.82, 2.24) is 0 Å². The summed E-state index contributed by atoms with van der Waals surface area (Å²) in [5, 5.41) is 0. The zero-order chi connectivity index (χ0) is 9.76. The van der Waals surface area contributed by atoms with Crippen molar-refractivity contribution in [3.05, 3.63) is 42.0 Å². The quantitative estimate of drug-likeness (QED) is 0.566. The third-order valence-electron chi connectivity index (χ3n) is 3.70. The Balaban J connectivity index is 2.16. The summed E-state index contributed by atoms with van der Waals surface area (Å²) in [7, 11) is 0. The van der Waals surface area contributed by atoms with Crippen molar-refractivity contribution in [2.24, 2.45) is 5.92 Å². The minimum atomic E-state index is -0.0380. The molecule has 2 aliphatic rings. The van der Waals surface area contributed by atoms with E-state index in [4.69, 9.17) is 4.74 Å². The van der Waals surface area contributed by atoms with Crippen molar-refractivity contribution in [3.63, 3.8) is 0 Å². The first kappa shape index (κ1) is 8.10. The minimum Gasteiger partial charge on any atom is -0.486 e. The molecule has 1 aliphatic heterocycles. The second-order valence-corrected chi connectivity index (χ2v) is 4.47. The number of hydrogen-bond acceptors (Lipinski definition) is 1. The van der Waals surface area contributed by atoms with Crippen LogP contribution in [0.3, 0.4) is 0 Å². The molecule has 1 heteroatoms. The highest BCUT2D eigenvalue weighted by Gasteiger charge is 2.49. The van der Waals surface area contributed by atoms with Crippen LogP contribution < -0.4 is 4.74 Å². The maximum absolute atomic E-state index is 6.07. The summed E-state index contributed by atoms with van der Waals surface area (Å²) in [6.07, 6.45) is 4.55. The number of hydrogen-bond donors (Lipinski definition) is 0. The lowest BCUT2D eigenvalue weighted by Crippen LogP contribution is -2.36. The van der Waals surface area contributed by atoms with Crippen LogP contribution in [0.4, 0.5) is 0 Å². The van der Waals surface area contributed by atoms with Crippen LogP contribution in [0.15, 0.2) is 36.4 Å². The zero-order valence-electron chi connectivity index (χ0n) is 8.53. The molecule has 0 spiro atoms. The Labute approximate surface area is 84.4 Å². The maximum Gasteiger partial charge on any atom is 0.124 e. The molecule has 1 nitrogen and oxygen atoms in total. The fraction of sp³-hybridized carbons (Fsp3) is 0.385. The molecule has 1 aromatic carbocycles. The average molecular weight is 186 g/mol. The van der Waals surface area contributed by atoms with Gasteiger partial charge in [0.15, 0.2) is 0 Å². The van der Waals surface area contributed by atoms with Crippen molar-refractivity contribution in [3.8, 4) is 5.75 Å². The van der Waals surface area contributed by atoms with E-state index in [2.05, 4.69) is 44.2 Å². The van der Waals surface area contributed by atoms with Gasteiger partial charge in [-0.1, -0.05) is 37.3 Å². The molecular weight excluding hydrogens is 172 g/mol. The van der Waals surface area contributed by atoms with Gasteiger partial charge in [-0.05, 0) is 13.0 Å². The number of fused-ring (bicyclic) bond motifs is 3. The van der Waals surface area contributed by atoms with Gasteiger partial charge in [0.1, 0.15) is 11.4 Å². The van der Waals surface area contributed by atoms with Gasteiger partial charge in [-0.25, -0.2) is 0 Å². The van der Waals surface area contributed by atoms with Crippen LogP contribution in [0.5, 0.6) is 5.75 Å². The van der Waals surface area contributed by atoms with Crippen molar-refractivity contribution < 1.29 is 4.74 Å². The second-order valence-electron chi connectivity index (χ2n) is 4.47.